The van der Waals surface area contributed by atoms with Crippen molar-refractivity contribution < 1.29 is 24.5 Å². The highest BCUT2D eigenvalue weighted by atomic mass is 127. The molecule has 2 fully saturated rings. The predicted octanol–water partition coefficient (Wildman–Crippen LogP) is 6.03. The van der Waals surface area contributed by atoms with Gasteiger partial charge in [-0.2, -0.15) is 0 Å². The van der Waals surface area contributed by atoms with Gasteiger partial charge in [0.15, 0.2) is 0 Å². The standard InChI is InChI=1S/C23H37IO5/c1-4-6-8-15(5-2)9-7-10-16-11-12-20-17(16)13-21(29-20)18(24)14-19(25)22(26)23(27)28-3/h5,15-18,20-21,25-26H,2,4,6-14H2,1,3H3/t15-,16+,17-,18?,20+,21?/m1/s1. The molecule has 6 heteroatoms. The Labute approximate surface area is 189 Å². The van der Waals surface area contributed by atoms with Gasteiger partial charge in [0.25, 0.3) is 0 Å². The quantitative estimate of drug-likeness (QED) is 0.0821. The molecule has 0 bridgehead atoms. The molecule has 2 rings (SSSR count). The summed E-state index contributed by atoms with van der Waals surface area (Å²) in [6, 6.07) is 0. The van der Waals surface area contributed by atoms with Crippen LogP contribution in [0.4, 0.5) is 0 Å². The van der Waals surface area contributed by atoms with Gasteiger partial charge in [0.2, 0.25) is 5.76 Å². The molecule has 5 nitrogen and oxygen atoms in total. The summed E-state index contributed by atoms with van der Waals surface area (Å²) in [5.41, 5.74) is 0. The number of halogens is 1. The number of carbonyl (C=O) groups excluding carboxylic acids is 1. The lowest BCUT2D eigenvalue weighted by Crippen LogP contribution is -2.23. The van der Waals surface area contributed by atoms with Crippen molar-refractivity contribution in [2.75, 3.05) is 7.11 Å². The summed E-state index contributed by atoms with van der Waals surface area (Å²) in [7, 11) is 1.18. The van der Waals surface area contributed by atoms with Gasteiger partial charge in [-0.1, -0.05) is 61.3 Å². The number of allylic oxidation sites excluding steroid dienone is 2. The van der Waals surface area contributed by atoms with E-state index in [0.29, 0.717) is 17.9 Å². The van der Waals surface area contributed by atoms with Crippen LogP contribution < -0.4 is 0 Å². The Balaban J connectivity index is 1.81. The number of fused-ring (bicyclic) bond motifs is 1. The van der Waals surface area contributed by atoms with Gasteiger partial charge in [-0.05, 0) is 49.9 Å². The number of unbranched alkanes of at least 4 members (excludes halogenated alkanes) is 1. The van der Waals surface area contributed by atoms with Crippen LogP contribution in [0.5, 0.6) is 0 Å². The molecule has 1 saturated carbocycles. The van der Waals surface area contributed by atoms with Crippen molar-refractivity contribution in [2.24, 2.45) is 17.8 Å². The molecule has 166 valence electrons. The van der Waals surface area contributed by atoms with E-state index in [2.05, 4.69) is 46.9 Å². The molecule has 1 heterocycles. The number of hydrogen-bond acceptors (Lipinski definition) is 5. The molecule has 2 unspecified atom stereocenters. The van der Waals surface area contributed by atoms with Crippen molar-refractivity contribution in [2.45, 2.75) is 87.3 Å². The van der Waals surface area contributed by atoms with Gasteiger partial charge in [0.05, 0.1) is 19.3 Å². The van der Waals surface area contributed by atoms with Crippen LogP contribution in [0.15, 0.2) is 24.2 Å². The number of rotatable bonds is 12. The van der Waals surface area contributed by atoms with Crippen LogP contribution in [0.1, 0.15) is 71.1 Å². The van der Waals surface area contributed by atoms with Crippen molar-refractivity contribution in [3.63, 3.8) is 0 Å². The van der Waals surface area contributed by atoms with Crippen molar-refractivity contribution in [3.05, 3.63) is 24.2 Å². The van der Waals surface area contributed by atoms with E-state index in [-0.39, 0.29) is 22.2 Å². The van der Waals surface area contributed by atoms with Gasteiger partial charge < -0.3 is 19.7 Å². The third-order valence-electron chi connectivity index (χ3n) is 6.61. The number of hydrogen-bond donors (Lipinski definition) is 2. The number of alkyl halides is 1. The van der Waals surface area contributed by atoms with E-state index in [4.69, 9.17) is 4.74 Å². The van der Waals surface area contributed by atoms with Gasteiger partial charge in [-0.3, -0.25) is 0 Å². The maximum absolute atomic E-state index is 11.4. The zero-order valence-corrected chi connectivity index (χ0v) is 20.0. The molecule has 0 amide bonds. The maximum atomic E-state index is 11.4. The van der Waals surface area contributed by atoms with Gasteiger partial charge >= 0.3 is 5.97 Å². The smallest absolute Gasteiger partial charge is 0.376 e. The lowest BCUT2D eigenvalue weighted by atomic mass is 9.85. The van der Waals surface area contributed by atoms with E-state index < -0.39 is 11.7 Å². The molecule has 0 aromatic heterocycles. The molecule has 0 radical (unpaired) electrons. The highest BCUT2D eigenvalue weighted by molar-refractivity contribution is 14.1. The summed E-state index contributed by atoms with van der Waals surface area (Å²) in [6.07, 6.45) is 13.6. The number of aliphatic hydroxyl groups excluding tert-OH is 2. The minimum absolute atomic E-state index is 0.00449. The zero-order valence-electron chi connectivity index (χ0n) is 17.8. The minimum atomic E-state index is -0.910. The van der Waals surface area contributed by atoms with Gasteiger partial charge in [-0.25, -0.2) is 4.79 Å². The average molecular weight is 520 g/mol. The predicted molar refractivity (Wildman–Crippen MR) is 123 cm³/mol. The van der Waals surface area contributed by atoms with Crippen LogP contribution in [-0.4, -0.2) is 39.4 Å². The van der Waals surface area contributed by atoms with E-state index in [9.17, 15) is 15.0 Å². The Morgan fingerprint density at radius 3 is 2.69 bits per heavy atom. The molecular weight excluding hydrogens is 483 g/mol. The highest BCUT2D eigenvalue weighted by Crippen LogP contribution is 2.47. The Bertz CT molecular complexity index is 576. The molecule has 0 spiro atoms. The van der Waals surface area contributed by atoms with E-state index in [1.807, 2.05) is 0 Å². The largest absolute Gasteiger partial charge is 0.508 e. The van der Waals surface area contributed by atoms with Crippen molar-refractivity contribution in [1.29, 1.82) is 0 Å². The molecule has 0 aromatic rings. The first-order valence-corrected chi connectivity index (χ1v) is 12.3. The molecule has 1 aliphatic heterocycles. The Morgan fingerprint density at radius 1 is 1.31 bits per heavy atom. The fourth-order valence-electron chi connectivity index (χ4n) is 4.88. The summed E-state index contributed by atoms with van der Waals surface area (Å²) >= 11 is 2.26. The monoisotopic (exact) mass is 520 g/mol. The SMILES string of the molecule is C=C[C@H](CCCC)CCC[C@H]1CC[C@@H]2OC(C(I)CC(O)=C(O)C(=O)OC)C[C@H]12. The first kappa shape index (κ1) is 24.5. The van der Waals surface area contributed by atoms with Crippen LogP contribution in [0.25, 0.3) is 0 Å². The topological polar surface area (TPSA) is 76.0 Å². The molecule has 2 N–H and O–H groups in total. The second-order valence-electron chi connectivity index (χ2n) is 8.53. The Morgan fingerprint density at radius 2 is 2.03 bits per heavy atom. The van der Waals surface area contributed by atoms with Crippen LogP contribution in [0.3, 0.4) is 0 Å². The summed E-state index contributed by atoms with van der Waals surface area (Å²) in [6.45, 7) is 6.25. The third-order valence-corrected chi connectivity index (χ3v) is 7.86. The van der Waals surface area contributed by atoms with E-state index in [1.165, 1.54) is 52.1 Å². The molecular formula is C23H37IO5. The van der Waals surface area contributed by atoms with Crippen LogP contribution in [-0.2, 0) is 14.3 Å². The lowest BCUT2D eigenvalue weighted by Gasteiger charge is -2.20. The lowest BCUT2D eigenvalue weighted by molar-refractivity contribution is -0.139. The first-order valence-electron chi connectivity index (χ1n) is 11.0. The second-order valence-corrected chi connectivity index (χ2v) is 10.1. The summed E-state index contributed by atoms with van der Waals surface area (Å²) in [5, 5.41) is 19.7. The highest BCUT2D eigenvalue weighted by Gasteiger charge is 2.45. The molecule has 0 aromatic carbocycles. The fourth-order valence-corrected chi connectivity index (χ4v) is 5.76. The Hall–Kier alpha value is -0.760. The van der Waals surface area contributed by atoms with Crippen molar-refractivity contribution in [3.8, 4) is 0 Å². The first-order chi connectivity index (χ1) is 13.9. The second kappa shape index (κ2) is 12.2. The molecule has 6 atom stereocenters. The molecule has 29 heavy (non-hydrogen) atoms. The van der Waals surface area contributed by atoms with Gasteiger partial charge in [0, 0.05) is 10.3 Å². The molecule has 2 aliphatic rings. The number of aliphatic hydroxyl groups is 2. The fraction of sp³-hybridized carbons (Fsp3) is 0.783. The summed E-state index contributed by atoms with van der Waals surface area (Å²) in [5.74, 6) is 0.0252. The number of esters is 1. The van der Waals surface area contributed by atoms with Crippen molar-refractivity contribution in [1.82, 2.24) is 0 Å². The normalized spacial score (nSPS) is 29.1. The molecule has 1 saturated heterocycles. The zero-order chi connectivity index (χ0) is 21.4. The van der Waals surface area contributed by atoms with E-state index in [0.717, 1.165) is 18.8 Å². The molecule has 1 aliphatic carbocycles. The number of carbonyl (C=O) groups is 1. The number of ether oxygens (including phenoxy) is 2. The van der Waals surface area contributed by atoms with Gasteiger partial charge in [-0.15, -0.1) is 6.58 Å². The van der Waals surface area contributed by atoms with Crippen LogP contribution in [0, 0.1) is 17.8 Å². The van der Waals surface area contributed by atoms with Crippen LogP contribution in [0.2, 0.25) is 0 Å². The van der Waals surface area contributed by atoms with Crippen molar-refractivity contribution >= 4 is 28.6 Å². The van der Waals surface area contributed by atoms with Crippen LogP contribution >= 0.6 is 22.6 Å². The summed E-state index contributed by atoms with van der Waals surface area (Å²) in [4.78, 5) is 11.4. The van der Waals surface area contributed by atoms with Gasteiger partial charge in [0.1, 0.15) is 5.76 Å². The van der Waals surface area contributed by atoms with E-state index in [1.54, 1.807) is 0 Å². The third kappa shape index (κ3) is 6.88. The minimum Gasteiger partial charge on any atom is -0.508 e. The maximum Gasteiger partial charge on any atom is 0.376 e. The number of methoxy groups -OCH3 is 1. The van der Waals surface area contributed by atoms with E-state index >= 15 is 0 Å². The summed E-state index contributed by atoms with van der Waals surface area (Å²) < 4.78 is 10.7. The Kier molecular flexibility index (Phi) is 10.3. The average Bonchev–Trinajstić information content (AvgIpc) is 3.30.